The number of allylic oxidation sites excluding steroid dienone is 7. The molecule has 15 atom stereocenters. The molecule has 2 aliphatic rings. The molecule has 1 amide bonds. The minimum absolute atomic E-state index is 0.0645. The molecule has 0 bridgehead atoms. The van der Waals surface area contributed by atoms with Crippen LogP contribution in [0.5, 0.6) is 0 Å². The largest absolute Gasteiger partial charge is 0.469 e. The van der Waals surface area contributed by atoms with Crippen molar-refractivity contribution in [1.82, 2.24) is 15.2 Å². The van der Waals surface area contributed by atoms with Crippen molar-refractivity contribution in [1.29, 1.82) is 5.26 Å². The van der Waals surface area contributed by atoms with Crippen molar-refractivity contribution in [3.8, 4) is 6.07 Å². The Bertz CT molecular complexity index is 2080. The number of oxazole rings is 1. The van der Waals surface area contributed by atoms with E-state index >= 15 is 0 Å². The zero-order valence-electron chi connectivity index (χ0n) is 43.1. The lowest BCUT2D eigenvalue weighted by molar-refractivity contribution is -0.334. The first kappa shape index (κ1) is 60.9. The molecular weight excluding hydrogens is 928 g/mol. The van der Waals surface area contributed by atoms with E-state index < -0.39 is 97.7 Å². The molecule has 3 rings (SSSR count). The van der Waals surface area contributed by atoms with Gasteiger partial charge >= 0.3 is 7.82 Å². The fourth-order valence-corrected chi connectivity index (χ4v) is 9.64. The summed E-state index contributed by atoms with van der Waals surface area (Å²) in [5, 5.41) is 67.1. The van der Waals surface area contributed by atoms with E-state index in [1.54, 1.807) is 45.8 Å². The molecule has 2 saturated heterocycles. The third kappa shape index (κ3) is 16.3. The van der Waals surface area contributed by atoms with Gasteiger partial charge in [-0.15, -0.1) is 0 Å². The topological polar surface area (TPSA) is 287 Å². The van der Waals surface area contributed by atoms with Gasteiger partial charge in [-0.1, -0.05) is 77.5 Å². The number of nitriles is 1. The minimum atomic E-state index is -5.15. The number of carbonyl (C=O) groups is 1. The number of methoxy groups -OCH3 is 2. The van der Waals surface area contributed by atoms with Gasteiger partial charge in [-0.3, -0.25) is 9.32 Å². The molecule has 20 heteroatoms. The van der Waals surface area contributed by atoms with Gasteiger partial charge in [-0.2, -0.15) is 5.26 Å². The molecule has 0 aliphatic carbocycles. The molecule has 2 aliphatic heterocycles. The number of aliphatic hydroxyl groups is 5. The van der Waals surface area contributed by atoms with Crippen molar-refractivity contribution in [2.75, 3.05) is 41.5 Å². The highest BCUT2D eigenvalue weighted by atomic mass is 31.2. The zero-order valence-corrected chi connectivity index (χ0v) is 44.0. The fraction of sp³-hybridized carbons (Fsp3) is 0.700. The van der Waals surface area contributed by atoms with Gasteiger partial charge in [0.1, 0.15) is 30.3 Å². The second kappa shape index (κ2) is 27.0. The summed E-state index contributed by atoms with van der Waals surface area (Å²) in [6, 6.07) is 1.40. The number of aliphatic hydroxyl groups excluding tert-OH is 5. The van der Waals surface area contributed by atoms with Crippen LogP contribution in [-0.2, 0) is 32.8 Å². The average Bonchev–Trinajstić information content (AvgIpc) is 3.84. The van der Waals surface area contributed by atoms with E-state index in [0.717, 1.165) is 16.7 Å². The number of hydrogen-bond donors (Lipinski definition) is 8. The number of phosphoric ester groups is 1. The summed E-state index contributed by atoms with van der Waals surface area (Å²) in [7, 11) is 1.12. The van der Waals surface area contributed by atoms with Crippen molar-refractivity contribution in [2.24, 2.45) is 23.2 Å². The summed E-state index contributed by atoms with van der Waals surface area (Å²) in [4.78, 5) is 39.2. The number of phosphoric acid groups is 1. The van der Waals surface area contributed by atoms with Crippen LogP contribution in [0.4, 0.5) is 0 Å². The number of aromatic nitrogens is 1. The first-order valence-corrected chi connectivity index (χ1v) is 25.4. The van der Waals surface area contributed by atoms with E-state index in [-0.39, 0.29) is 44.2 Å². The van der Waals surface area contributed by atoms with Gasteiger partial charge < -0.3 is 68.9 Å². The number of hydrogen-bond acceptors (Lipinski definition) is 16. The van der Waals surface area contributed by atoms with Crippen LogP contribution in [0.2, 0.25) is 0 Å². The maximum absolute atomic E-state index is 12.6. The lowest BCUT2D eigenvalue weighted by Gasteiger charge is -2.50. The summed E-state index contributed by atoms with van der Waals surface area (Å²) in [6.45, 7) is 16.6. The number of rotatable bonds is 26. The maximum Gasteiger partial charge on any atom is 0.469 e. The third-order valence-corrected chi connectivity index (χ3v) is 14.5. The highest BCUT2D eigenvalue weighted by Crippen LogP contribution is 2.59. The van der Waals surface area contributed by atoms with Gasteiger partial charge in [0, 0.05) is 68.8 Å². The summed E-state index contributed by atoms with van der Waals surface area (Å²) in [5.41, 5.74) is 1.87. The highest BCUT2D eigenvalue weighted by molar-refractivity contribution is 7.46. The Kier molecular flexibility index (Phi) is 23.5. The van der Waals surface area contributed by atoms with Crippen LogP contribution in [0, 0.1) is 34.5 Å². The first-order valence-electron chi connectivity index (χ1n) is 23.8. The fourth-order valence-electron chi connectivity index (χ4n) is 8.96. The van der Waals surface area contributed by atoms with Crippen LogP contribution in [0.15, 0.2) is 63.9 Å². The Morgan fingerprint density at radius 3 is 2.36 bits per heavy atom. The Labute approximate surface area is 414 Å². The minimum Gasteiger partial charge on any atom is -0.448 e. The van der Waals surface area contributed by atoms with Gasteiger partial charge in [-0.25, -0.2) is 9.55 Å². The van der Waals surface area contributed by atoms with Crippen molar-refractivity contribution in [3.05, 3.63) is 71.0 Å². The molecule has 0 radical (unpaired) electrons. The molecule has 1 aromatic rings. The molecule has 1 aromatic heterocycles. The van der Waals surface area contributed by atoms with Crippen LogP contribution in [-0.4, -0.2) is 159 Å². The van der Waals surface area contributed by atoms with Gasteiger partial charge in [0.2, 0.25) is 0 Å². The monoisotopic (exact) mass is 1010 g/mol. The van der Waals surface area contributed by atoms with Gasteiger partial charge in [0.25, 0.3) is 5.91 Å². The van der Waals surface area contributed by atoms with E-state index in [1.807, 2.05) is 78.0 Å². The molecular formula is C50H81N4O15P. The van der Waals surface area contributed by atoms with Crippen molar-refractivity contribution in [3.63, 3.8) is 0 Å². The van der Waals surface area contributed by atoms with Crippen LogP contribution >= 0.6 is 7.82 Å². The third-order valence-electron chi connectivity index (χ3n) is 14.0. The summed E-state index contributed by atoms with van der Waals surface area (Å²) < 4.78 is 48.2. The van der Waals surface area contributed by atoms with Crippen LogP contribution in [0.25, 0.3) is 6.08 Å². The van der Waals surface area contributed by atoms with Gasteiger partial charge in [0.05, 0.1) is 49.2 Å². The number of nitrogens with one attached hydrogen (secondary N) is 1. The van der Waals surface area contributed by atoms with Gasteiger partial charge in [0.15, 0.2) is 17.8 Å². The van der Waals surface area contributed by atoms with E-state index in [4.69, 9.17) is 33.2 Å². The standard InChI is InChI=1S/C50H81N4O15P/c1-29(20-22-51)16-14-17-30(2)32(4)24-33(5)42(57)35(7)38(55)25-41(65-13)45-46(69-70(61,62)63)49(8,9)50(68-45)26-39(56)34(6)40(67-50)19-15-18-36-27-66-48(53-36)31(3)21-23-52-47(60)44(59)43(58)37(28-64-12)54(10)11/h14-18,20,24,27,31,33-35,37-46,55-59H,19,21,23,25-26,28H2,1-13H3,(H,52,60)(H2,61,62,63)/b16-14+,18-15+,29-20-,30-17+,32-24+/t31-,33+,34-,35-,37-,38-,39+,40-,41-,42+,43-,44-,45+,46-,50?/m0/s1. The molecule has 19 nitrogen and oxygen atoms in total. The highest BCUT2D eigenvalue weighted by Gasteiger charge is 2.68. The Hall–Kier alpha value is -3.42. The predicted molar refractivity (Wildman–Crippen MR) is 262 cm³/mol. The second-order valence-corrected chi connectivity index (χ2v) is 21.1. The molecule has 8 N–H and O–H groups in total. The van der Waals surface area contributed by atoms with Crippen LogP contribution < -0.4 is 5.32 Å². The maximum atomic E-state index is 12.6. The second-order valence-electron chi connectivity index (χ2n) is 19.9. The normalized spacial score (nSPS) is 27.6. The summed E-state index contributed by atoms with van der Waals surface area (Å²) in [6.07, 6.45) is 4.10. The van der Waals surface area contributed by atoms with E-state index in [1.165, 1.54) is 26.6 Å². The molecule has 70 heavy (non-hydrogen) atoms. The molecule has 3 heterocycles. The molecule has 1 spiro atoms. The van der Waals surface area contributed by atoms with Crippen molar-refractivity contribution >= 4 is 19.8 Å². The average molecular weight is 1010 g/mol. The van der Waals surface area contributed by atoms with Gasteiger partial charge in [-0.05, 0) is 64.9 Å². The number of likely N-dealkylation sites (N-methyl/N-ethyl adjacent to an activating group) is 1. The molecule has 396 valence electrons. The number of nitrogens with zero attached hydrogens (tertiary/aromatic N) is 3. The summed E-state index contributed by atoms with van der Waals surface area (Å²) >= 11 is 0. The Morgan fingerprint density at radius 2 is 1.76 bits per heavy atom. The molecule has 2 fully saturated rings. The smallest absolute Gasteiger partial charge is 0.448 e. The van der Waals surface area contributed by atoms with E-state index in [2.05, 4.69) is 10.3 Å². The quantitative estimate of drug-likeness (QED) is 0.0355. The number of amides is 1. The Balaban J connectivity index is 1.74. The van der Waals surface area contributed by atoms with E-state index in [9.17, 15) is 44.7 Å². The molecule has 0 saturated carbocycles. The first-order chi connectivity index (χ1) is 32.6. The number of carbonyl (C=O) groups excluding carboxylic acids is 1. The van der Waals surface area contributed by atoms with E-state index in [0.29, 0.717) is 18.0 Å². The Morgan fingerprint density at radius 1 is 1.09 bits per heavy atom. The summed E-state index contributed by atoms with van der Waals surface area (Å²) in [5.74, 6) is -3.63. The number of ether oxygens (including phenoxy) is 4. The SMILES string of the molecule is COC[C@@H]([C@H](O)[C@H](O)C(=O)NCC[C@H](C)c1nc(/C=C/C[C@@H]2OC3(C[C@@H](O)[C@@H]2C)O[C@H]([C@H](C[C@H](O)[C@H](C)[C@H](O)[C@H](C)/C=C(C)/C(C)=C/C=C/C(C)=C\C#N)OC)[C@H](OP(=O)(O)O)C3(C)C)co1)N(C)C. The lowest BCUT2D eigenvalue weighted by atomic mass is 9.72. The zero-order chi connectivity index (χ0) is 52.9. The molecule has 1 unspecified atom stereocenters. The van der Waals surface area contributed by atoms with Crippen molar-refractivity contribution < 1.29 is 72.6 Å². The predicted octanol–water partition coefficient (Wildman–Crippen LogP) is 4.69. The van der Waals surface area contributed by atoms with Crippen LogP contribution in [0.3, 0.4) is 0 Å². The molecule has 0 aromatic carbocycles. The van der Waals surface area contributed by atoms with Crippen LogP contribution in [0.1, 0.15) is 105 Å². The lowest BCUT2D eigenvalue weighted by Crippen LogP contribution is -2.58. The van der Waals surface area contributed by atoms with Crippen molar-refractivity contribution in [2.45, 2.75) is 161 Å².